The smallest absolute Gasteiger partial charge is 0.411 e. The van der Waals surface area contributed by atoms with Crippen molar-refractivity contribution in [3.8, 4) is 0 Å². The molecule has 0 bridgehead atoms. The average molecular weight is 348 g/mol. The molecule has 5 nitrogen and oxygen atoms in total. The maximum absolute atomic E-state index is 12.7. The molecule has 25 heavy (non-hydrogen) atoms. The van der Waals surface area contributed by atoms with Gasteiger partial charge in [-0.2, -0.15) is 0 Å². The molecule has 0 aromatic heterocycles. The summed E-state index contributed by atoms with van der Waals surface area (Å²) in [6.07, 6.45) is 0.920. The minimum atomic E-state index is -0.797. The van der Waals surface area contributed by atoms with Crippen LogP contribution in [0.5, 0.6) is 0 Å². The molecule has 1 aliphatic rings. The molecule has 3 unspecified atom stereocenters. The molecule has 1 amide bonds. The molecule has 0 saturated carbocycles. The van der Waals surface area contributed by atoms with E-state index in [-0.39, 0.29) is 17.7 Å². The largest absolute Gasteiger partial charge is 0.444 e. The molecule has 140 valence electrons. The molecule has 1 aromatic rings. The molecule has 1 heterocycles. The number of likely N-dealkylation sites (tertiary alicyclic amines) is 1. The number of rotatable bonds is 4. The number of hydrogen-bond acceptors (Lipinski definition) is 4. The van der Waals surface area contributed by atoms with Gasteiger partial charge in [0, 0.05) is 11.6 Å². The first-order valence-corrected chi connectivity index (χ1v) is 9.01. The van der Waals surface area contributed by atoms with Crippen LogP contribution in [-0.2, 0) is 11.2 Å². The highest BCUT2D eigenvalue weighted by molar-refractivity contribution is 5.70. The third-order valence-electron chi connectivity index (χ3n) is 4.77. The topological polar surface area (TPSA) is 75.8 Å². The van der Waals surface area contributed by atoms with Crippen molar-refractivity contribution in [1.82, 2.24) is 4.90 Å². The van der Waals surface area contributed by atoms with Gasteiger partial charge in [-0.05, 0) is 59.4 Å². The minimum Gasteiger partial charge on any atom is -0.444 e. The van der Waals surface area contributed by atoms with E-state index in [0.29, 0.717) is 6.42 Å². The Morgan fingerprint density at radius 3 is 2.52 bits per heavy atom. The molecule has 0 aliphatic carbocycles. The van der Waals surface area contributed by atoms with Gasteiger partial charge in [0.25, 0.3) is 0 Å². The Hall–Kier alpha value is -1.59. The van der Waals surface area contributed by atoms with Crippen molar-refractivity contribution in [3.05, 3.63) is 35.9 Å². The van der Waals surface area contributed by atoms with Gasteiger partial charge in [0.05, 0.1) is 12.1 Å². The van der Waals surface area contributed by atoms with Crippen LogP contribution in [0.25, 0.3) is 0 Å². The first-order valence-electron chi connectivity index (χ1n) is 9.01. The summed E-state index contributed by atoms with van der Waals surface area (Å²) in [5, 5.41) is 10.9. The number of carbonyl (C=O) groups excluding carboxylic acids is 1. The Morgan fingerprint density at radius 2 is 1.96 bits per heavy atom. The fourth-order valence-corrected chi connectivity index (χ4v) is 3.51. The average Bonchev–Trinajstić information content (AvgIpc) is 2.81. The number of amides is 1. The van der Waals surface area contributed by atoms with Crippen LogP contribution in [0.15, 0.2) is 30.3 Å². The van der Waals surface area contributed by atoms with Gasteiger partial charge < -0.3 is 15.6 Å². The highest BCUT2D eigenvalue weighted by Gasteiger charge is 2.48. The highest BCUT2D eigenvalue weighted by atomic mass is 16.6. The first kappa shape index (κ1) is 19.7. The Bertz CT molecular complexity index is 580. The number of aliphatic hydroxyl groups is 1. The number of nitrogens with two attached hydrogens (primary N) is 1. The van der Waals surface area contributed by atoms with Gasteiger partial charge in [0.2, 0.25) is 0 Å². The Kier molecular flexibility index (Phi) is 5.79. The lowest BCUT2D eigenvalue weighted by Crippen LogP contribution is -2.56. The van der Waals surface area contributed by atoms with Crippen molar-refractivity contribution < 1.29 is 14.6 Å². The predicted octanol–water partition coefficient (Wildman–Crippen LogP) is 3.10. The zero-order chi connectivity index (χ0) is 18.8. The molecule has 5 heteroatoms. The van der Waals surface area contributed by atoms with Crippen LogP contribution in [0.3, 0.4) is 0 Å². The van der Waals surface area contributed by atoms with Crippen molar-refractivity contribution in [2.24, 2.45) is 5.73 Å². The molecule has 0 spiro atoms. The third-order valence-corrected chi connectivity index (χ3v) is 4.77. The van der Waals surface area contributed by atoms with Crippen molar-refractivity contribution in [1.29, 1.82) is 0 Å². The van der Waals surface area contributed by atoms with Crippen molar-refractivity contribution >= 4 is 6.09 Å². The second kappa shape index (κ2) is 7.34. The van der Waals surface area contributed by atoms with Crippen LogP contribution in [0.2, 0.25) is 0 Å². The summed E-state index contributed by atoms with van der Waals surface area (Å²) in [4.78, 5) is 14.4. The quantitative estimate of drug-likeness (QED) is 0.877. The van der Waals surface area contributed by atoms with E-state index in [4.69, 9.17) is 10.5 Å². The van der Waals surface area contributed by atoms with E-state index in [2.05, 4.69) is 0 Å². The van der Waals surface area contributed by atoms with E-state index < -0.39 is 17.7 Å². The maximum Gasteiger partial charge on any atom is 0.411 e. The molecule has 1 fully saturated rings. The lowest BCUT2D eigenvalue weighted by Gasteiger charge is -2.39. The number of carbonyl (C=O) groups is 1. The number of aliphatic hydroxyl groups excluding tert-OH is 1. The molecule has 1 aromatic carbocycles. The van der Waals surface area contributed by atoms with Gasteiger partial charge in [-0.15, -0.1) is 0 Å². The van der Waals surface area contributed by atoms with E-state index in [1.807, 2.05) is 65.0 Å². The van der Waals surface area contributed by atoms with E-state index in [0.717, 1.165) is 18.4 Å². The van der Waals surface area contributed by atoms with Crippen LogP contribution in [-0.4, -0.2) is 45.4 Å². The van der Waals surface area contributed by atoms with Crippen LogP contribution >= 0.6 is 0 Å². The number of benzene rings is 1. The molecule has 3 N–H and O–H groups in total. The summed E-state index contributed by atoms with van der Waals surface area (Å²) >= 11 is 0. The number of hydrogen-bond donors (Lipinski definition) is 2. The molecule has 0 radical (unpaired) electrons. The van der Waals surface area contributed by atoms with Gasteiger partial charge in [0.15, 0.2) is 0 Å². The molecule has 2 rings (SSSR count). The fourth-order valence-electron chi connectivity index (χ4n) is 3.51. The minimum absolute atomic E-state index is 0.330. The van der Waals surface area contributed by atoms with Gasteiger partial charge in [-0.25, -0.2) is 4.79 Å². The zero-order valence-corrected chi connectivity index (χ0v) is 16.0. The predicted molar refractivity (Wildman–Crippen MR) is 99.3 cm³/mol. The van der Waals surface area contributed by atoms with Gasteiger partial charge in [-0.3, -0.25) is 4.90 Å². The first-order chi connectivity index (χ1) is 11.5. The second-order valence-corrected chi connectivity index (χ2v) is 8.61. The van der Waals surface area contributed by atoms with Crippen molar-refractivity contribution in [3.63, 3.8) is 0 Å². The van der Waals surface area contributed by atoms with Crippen LogP contribution < -0.4 is 5.73 Å². The van der Waals surface area contributed by atoms with Crippen molar-refractivity contribution in [2.45, 2.75) is 83.2 Å². The fraction of sp³-hybridized carbons (Fsp3) is 0.650. The number of ether oxygens (including phenoxy) is 1. The monoisotopic (exact) mass is 348 g/mol. The Balaban J connectivity index is 2.13. The molecule has 3 atom stereocenters. The van der Waals surface area contributed by atoms with Gasteiger partial charge >= 0.3 is 6.09 Å². The molecule has 1 saturated heterocycles. The van der Waals surface area contributed by atoms with E-state index in [9.17, 15) is 9.90 Å². The zero-order valence-electron chi connectivity index (χ0n) is 16.0. The van der Waals surface area contributed by atoms with E-state index in [1.54, 1.807) is 4.90 Å². The van der Waals surface area contributed by atoms with Crippen molar-refractivity contribution in [2.75, 3.05) is 0 Å². The van der Waals surface area contributed by atoms with E-state index >= 15 is 0 Å². The van der Waals surface area contributed by atoms with Gasteiger partial charge in [-0.1, -0.05) is 30.3 Å². The maximum atomic E-state index is 12.7. The summed E-state index contributed by atoms with van der Waals surface area (Å²) in [7, 11) is 0. The van der Waals surface area contributed by atoms with Crippen LogP contribution in [0.1, 0.15) is 53.0 Å². The summed E-state index contributed by atoms with van der Waals surface area (Å²) in [5.41, 5.74) is 6.42. The summed E-state index contributed by atoms with van der Waals surface area (Å²) < 4.78 is 5.57. The molecule has 1 aliphatic heterocycles. The number of nitrogens with zero attached hydrogens (tertiary/aromatic N) is 1. The molecular weight excluding hydrogens is 316 g/mol. The third kappa shape index (κ3) is 4.95. The van der Waals surface area contributed by atoms with Crippen LogP contribution in [0, 0.1) is 0 Å². The SMILES string of the molecule is CC(C)(C)OC(=O)N1C(C(O)C(N)Cc2ccccc2)CCC1(C)C. The van der Waals surface area contributed by atoms with Gasteiger partial charge in [0.1, 0.15) is 5.60 Å². The summed E-state index contributed by atoms with van der Waals surface area (Å²) in [6.45, 7) is 9.56. The standard InChI is InChI=1S/C20H32N2O3/c1-19(2,3)25-18(24)22-16(11-12-20(22,4)5)17(23)15(21)13-14-9-7-6-8-10-14/h6-10,15-17,23H,11-13,21H2,1-5H3. The Labute approximate surface area is 151 Å². The molecular formula is C20H32N2O3. The lowest BCUT2D eigenvalue weighted by molar-refractivity contribution is -0.0204. The highest BCUT2D eigenvalue weighted by Crippen LogP contribution is 2.37. The van der Waals surface area contributed by atoms with E-state index in [1.165, 1.54) is 0 Å². The summed E-state index contributed by atoms with van der Waals surface area (Å²) in [6, 6.07) is 9.10. The summed E-state index contributed by atoms with van der Waals surface area (Å²) in [5.74, 6) is 0. The van der Waals surface area contributed by atoms with Crippen LogP contribution in [0.4, 0.5) is 4.79 Å². The lowest BCUT2D eigenvalue weighted by atomic mass is 9.96. The Morgan fingerprint density at radius 1 is 1.36 bits per heavy atom. The second-order valence-electron chi connectivity index (χ2n) is 8.61. The normalized spacial score (nSPS) is 22.5.